The number of likely N-dealkylation sites (tertiary alicyclic amines) is 1. The highest BCUT2D eigenvalue weighted by Crippen LogP contribution is 2.37. The number of nitrogens with zero attached hydrogens (tertiary/aromatic N) is 2. The number of pyridine rings is 1. The number of benzene rings is 2. The number of fused-ring (bicyclic) bond motifs is 1. The lowest BCUT2D eigenvalue weighted by atomic mass is 9.73. The largest absolute Gasteiger partial charge is 0.497 e. The van der Waals surface area contributed by atoms with Crippen LogP contribution >= 0.6 is 0 Å². The maximum atomic E-state index is 14.2. The number of aromatic nitrogens is 1. The van der Waals surface area contributed by atoms with Crippen LogP contribution < -0.4 is 15.2 Å². The van der Waals surface area contributed by atoms with Gasteiger partial charge in [0, 0.05) is 29.5 Å². The van der Waals surface area contributed by atoms with Gasteiger partial charge in [-0.2, -0.15) is 0 Å². The average molecular weight is 592 g/mol. The first-order valence-electron chi connectivity index (χ1n) is 14.2. The van der Waals surface area contributed by atoms with Gasteiger partial charge in [-0.1, -0.05) is 51.1 Å². The van der Waals surface area contributed by atoms with Crippen molar-refractivity contribution in [2.75, 3.05) is 20.8 Å². The summed E-state index contributed by atoms with van der Waals surface area (Å²) in [5.41, 5.74) is 4.88. The summed E-state index contributed by atoms with van der Waals surface area (Å²) in [6, 6.07) is 16.0. The highest BCUT2D eigenvalue weighted by Gasteiger charge is 2.58. The monoisotopic (exact) mass is 591 g/mol. The second kappa shape index (κ2) is 11.8. The minimum Gasteiger partial charge on any atom is -0.497 e. The molecule has 2 N–H and O–H groups in total. The van der Waals surface area contributed by atoms with E-state index in [4.69, 9.17) is 29.7 Å². The minimum absolute atomic E-state index is 0.00291. The molecule has 4 rings (SSSR count). The number of nitrogens with two attached hydrogens (primary N) is 1. The molecule has 1 aromatic heterocycles. The van der Waals surface area contributed by atoms with E-state index < -0.39 is 46.5 Å². The Morgan fingerprint density at radius 3 is 2.21 bits per heavy atom. The summed E-state index contributed by atoms with van der Waals surface area (Å²) in [7, 11) is 2.84. The lowest BCUT2D eigenvalue weighted by molar-refractivity contribution is -0.174. The standard InChI is InChI=1S/C33H41N3O7/c1-31(2,3)33(34,30(39)43-32(4,5)6)29(38)36-19-22(17-26(36)28(37)41-8)42-27-18-24(20-12-10-9-11-13-20)35-25-16-21(40-7)14-15-23(25)27/h9-16,18,22,26H,17,19,34H2,1-8H3. The SMILES string of the molecule is COC(=O)C1CC(Oc2cc(-c3ccccc3)nc3cc(OC)ccc23)CN1C(=O)C(N)(C(=O)OC(C)(C)C)C(C)(C)C. The number of esters is 2. The zero-order valence-corrected chi connectivity index (χ0v) is 26.1. The number of carbonyl (C=O) groups is 3. The molecular formula is C33H41N3O7. The predicted octanol–water partition coefficient (Wildman–Crippen LogP) is 4.52. The van der Waals surface area contributed by atoms with E-state index in [1.54, 1.807) is 48.7 Å². The smallest absolute Gasteiger partial charge is 0.337 e. The Balaban J connectivity index is 1.73. The molecule has 1 fully saturated rings. The quantitative estimate of drug-likeness (QED) is 0.311. The first kappa shape index (κ1) is 31.7. The van der Waals surface area contributed by atoms with Crippen molar-refractivity contribution in [2.24, 2.45) is 11.1 Å². The fraction of sp³-hybridized carbons (Fsp3) is 0.455. The van der Waals surface area contributed by atoms with E-state index in [2.05, 4.69) is 0 Å². The number of hydrogen-bond donors (Lipinski definition) is 1. The Bertz CT molecular complexity index is 1510. The van der Waals surface area contributed by atoms with Gasteiger partial charge in [0.2, 0.25) is 0 Å². The molecule has 1 amide bonds. The lowest BCUT2D eigenvalue weighted by Crippen LogP contribution is -2.69. The molecule has 2 aromatic carbocycles. The number of methoxy groups -OCH3 is 2. The number of ether oxygens (including phenoxy) is 4. The van der Waals surface area contributed by atoms with Crippen LogP contribution in [0.1, 0.15) is 48.0 Å². The lowest BCUT2D eigenvalue weighted by Gasteiger charge is -2.42. The molecule has 43 heavy (non-hydrogen) atoms. The number of carbonyl (C=O) groups excluding carboxylic acids is 3. The molecule has 2 heterocycles. The second-order valence-corrected chi connectivity index (χ2v) is 12.8. The molecule has 3 aromatic rings. The van der Waals surface area contributed by atoms with Gasteiger partial charge in [0.25, 0.3) is 5.91 Å². The second-order valence-electron chi connectivity index (χ2n) is 12.8. The summed E-state index contributed by atoms with van der Waals surface area (Å²) < 4.78 is 22.6. The summed E-state index contributed by atoms with van der Waals surface area (Å²) in [6.45, 7) is 10.2. The van der Waals surface area contributed by atoms with Gasteiger partial charge in [0.05, 0.1) is 32.0 Å². The van der Waals surface area contributed by atoms with E-state index in [1.807, 2.05) is 54.6 Å². The highest BCUT2D eigenvalue weighted by atomic mass is 16.6. The zero-order valence-electron chi connectivity index (χ0n) is 26.1. The van der Waals surface area contributed by atoms with Crippen LogP contribution in [-0.4, -0.2) is 71.8 Å². The number of rotatable bonds is 7. The molecule has 0 spiro atoms. The van der Waals surface area contributed by atoms with Crippen molar-refractivity contribution in [1.82, 2.24) is 9.88 Å². The molecule has 10 heteroatoms. The maximum absolute atomic E-state index is 14.2. The van der Waals surface area contributed by atoms with Crippen molar-refractivity contribution in [3.05, 3.63) is 54.6 Å². The van der Waals surface area contributed by atoms with Gasteiger partial charge in [-0.15, -0.1) is 0 Å². The first-order valence-corrected chi connectivity index (χ1v) is 14.2. The van der Waals surface area contributed by atoms with Gasteiger partial charge in [0.15, 0.2) is 5.54 Å². The molecule has 1 aliphatic rings. The summed E-state index contributed by atoms with van der Waals surface area (Å²) in [5, 5.41) is 0.733. The van der Waals surface area contributed by atoms with Crippen LogP contribution in [0.3, 0.4) is 0 Å². The fourth-order valence-electron chi connectivity index (χ4n) is 5.10. The van der Waals surface area contributed by atoms with Crippen LogP contribution in [0.15, 0.2) is 54.6 Å². The Kier molecular flexibility index (Phi) is 8.74. The van der Waals surface area contributed by atoms with Crippen LogP contribution in [0, 0.1) is 5.41 Å². The van der Waals surface area contributed by atoms with Gasteiger partial charge >= 0.3 is 11.9 Å². The van der Waals surface area contributed by atoms with E-state index in [1.165, 1.54) is 12.0 Å². The van der Waals surface area contributed by atoms with Crippen LogP contribution in [0.25, 0.3) is 22.2 Å². The van der Waals surface area contributed by atoms with E-state index >= 15 is 0 Å². The van der Waals surface area contributed by atoms with Crippen LogP contribution in [0.2, 0.25) is 0 Å². The molecule has 3 unspecified atom stereocenters. The summed E-state index contributed by atoms with van der Waals surface area (Å²) in [5.74, 6) is -1.06. The Labute approximate surface area is 252 Å². The molecule has 10 nitrogen and oxygen atoms in total. The Morgan fingerprint density at radius 1 is 0.953 bits per heavy atom. The van der Waals surface area contributed by atoms with Gasteiger partial charge in [0.1, 0.15) is 29.2 Å². The number of amides is 1. The van der Waals surface area contributed by atoms with E-state index in [0.717, 1.165) is 10.9 Å². The molecule has 0 aliphatic carbocycles. The van der Waals surface area contributed by atoms with Gasteiger partial charge in [-0.3, -0.25) is 4.79 Å². The molecule has 0 saturated carbocycles. The van der Waals surface area contributed by atoms with Crippen molar-refractivity contribution < 1.29 is 33.3 Å². The molecule has 1 saturated heterocycles. The van der Waals surface area contributed by atoms with E-state index in [0.29, 0.717) is 22.7 Å². The Morgan fingerprint density at radius 2 is 1.63 bits per heavy atom. The normalized spacial score (nSPS) is 18.6. The summed E-state index contributed by atoms with van der Waals surface area (Å²) >= 11 is 0. The van der Waals surface area contributed by atoms with E-state index in [-0.39, 0.29) is 13.0 Å². The fourth-order valence-corrected chi connectivity index (χ4v) is 5.10. The summed E-state index contributed by atoms with van der Waals surface area (Å²) in [4.78, 5) is 46.8. The molecule has 1 aliphatic heterocycles. The topological polar surface area (TPSA) is 130 Å². The molecular weight excluding hydrogens is 550 g/mol. The van der Waals surface area contributed by atoms with Crippen molar-refractivity contribution in [2.45, 2.75) is 71.2 Å². The van der Waals surface area contributed by atoms with Gasteiger partial charge in [-0.05, 0) is 38.3 Å². The van der Waals surface area contributed by atoms with E-state index in [9.17, 15) is 14.4 Å². The molecule has 230 valence electrons. The minimum atomic E-state index is -2.08. The van der Waals surface area contributed by atoms with Gasteiger partial charge in [-0.25, -0.2) is 14.6 Å². The third-order valence-electron chi connectivity index (χ3n) is 7.58. The predicted molar refractivity (Wildman–Crippen MR) is 162 cm³/mol. The van der Waals surface area contributed by atoms with Crippen molar-refractivity contribution in [3.63, 3.8) is 0 Å². The zero-order chi connectivity index (χ0) is 31.7. The molecule has 0 radical (unpaired) electrons. The Hall–Kier alpha value is -4.18. The third-order valence-corrected chi connectivity index (χ3v) is 7.58. The molecule has 3 atom stereocenters. The van der Waals surface area contributed by atoms with Crippen molar-refractivity contribution in [3.8, 4) is 22.8 Å². The van der Waals surface area contributed by atoms with Crippen LogP contribution in [0.5, 0.6) is 11.5 Å². The summed E-state index contributed by atoms with van der Waals surface area (Å²) in [6.07, 6.45) is -0.486. The van der Waals surface area contributed by atoms with Gasteiger partial charge < -0.3 is 29.6 Å². The average Bonchev–Trinajstić information content (AvgIpc) is 3.38. The number of hydrogen-bond acceptors (Lipinski definition) is 9. The third kappa shape index (κ3) is 6.44. The highest BCUT2D eigenvalue weighted by molar-refractivity contribution is 6.09. The first-order chi connectivity index (χ1) is 20.1. The van der Waals surface area contributed by atoms with Crippen molar-refractivity contribution in [1.29, 1.82) is 0 Å². The van der Waals surface area contributed by atoms with Crippen molar-refractivity contribution >= 4 is 28.7 Å². The molecule has 0 bridgehead atoms. The van der Waals surface area contributed by atoms with Crippen LogP contribution in [0.4, 0.5) is 0 Å². The van der Waals surface area contributed by atoms with Crippen LogP contribution in [-0.2, 0) is 23.9 Å². The maximum Gasteiger partial charge on any atom is 0.337 e.